The number of amides is 1. The van der Waals surface area contributed by atoms with Crippen molar-refractivity contribution < 1.29 is 22.5 Å². The molecule has 0 aliphatic rings. The molecule has 8 nitrogen and oxygen atoms in total. The van der Waals surface area contributed by atoms with Gasteiger partial charge < -0.3 is 9.84 Å². The zero-order valence-corrected chi connectivity index (χ0v) is 19.0. The van der Waals surface area contributed by atoms with E-state index in [-0.39, 0.29) is 17.2 Å². The van der Waals surface area contributed by atoms with Gasteiger partial charge >= 0.3 is 0 Å². The molecule has 0 aliphatic heterocycles. The van der Waals surface area contributed by atoms with E-state index >= 15 is 0 Å². The average Bonchev–Trinajstić information content (AvgIpc) is 3.25. The Labute approximate surface area is 196 Å². The minimum atomic E-state index is -3.91. The highest BCUT2D eigenvalue weighted by atomic mass is 32.2. The molecule has 34 heavy (non-hydrogen) atoms. The summed E-state index contributed by atoms with van der Waals surface area (Å²) in [6.07, 6.45) is 0. The summed E-state index contributed by atoms with van der Waals surface area (Å²) in [7, 11) is -3.91. The first-order valence-corrected chi connectivity index (χ1v) is 11.8. The third-order valence-corrected chi connectivity index (χ3v) is 6.50. The van der Waals surface area contributed by atoms with Crippen molar-refractivity contribution in [3.05, 3.63) is 102 Å². The number of nitrogens with zero attached hydrogens (tertiary/aromatic N) is 1. The molecule has 0 atom stereocenters. The van der Waals surface area contributed by atoms with Gasteiger partial charge in [-0.15, -0.1) is 0 Å². The van der Waals surface area contributed by atoms with Gasteiger partial charge in [0.2, 0.25) is 10.0 Å². The highest BCUT2D eigenvalue weighted by molar-refractivity contribution is 7.89. The van der Waals surface area contributed by atoms with Gasteiger partial charge in [-0.25, -0.2) is 13.1 Å². The Morgan fingerprint density at radius 2 is 1.50 bits per heavy atom. The first-order chi connectivity index (χ1) is 16.3. The van der Waals surface area contributed by atoms with Gasteiger partial charge in [-0.05, 0) is 31.2 Å². The smallest absolute Gasteiger partial charge is 0.261 e. The fourth-order valence-electron chi connectivity index (χ4n) is 3.31. The Hall–Kier alpha value is -4.08. The summed E-state index contributed by atoms with van der Waals surface area (Å²) in [6, 6.07) is 23.2. The second kappa shape index (κ2) is 9.82. The Bertz CT molecular complexity index is 1410. The van der Waals surface area contributed by atoms with Gasteiger partial charge in [0.15, 0.2) is 5.78 Å². The zero-order chi connectivity index (χ0) is 24.1. The Morgan fingerprint density at radius 3 is 2.15 bits per heavy atom. The van der Waals surface area contributed by atoms with Crippen molar-refractivity contribution in [3.63, 3.8) is 0 Å². The molecule has 0 radical (unpaired) electrons. The number of hydrogen-bond acceptors (Lipinski definition) is 6. The monoisotopic (exact) mass is 475 g/mol. The number of carbonyl (C=O) groups excluding carboxylic acids is 2. The van der Waals surface area contributed by atoms with Crippen LogP contribution in [0.5, 0.6) is 0 Å². The summed E-state index contributed by atoms with van der Waals surface area (Å²) in [5.74, 6) is -0.408. The van der Waals surface area contributed by atoms with E-state index in [0.29, 0.717) is 28.3 Å². The quantitative estimate of drug-likeness (QED) is 0.371. The molecule has 4 rings (SSSR count). The zero-order valence-electron chi connectivity index (χ0n) is 18.2. The minimum absolute atomic E-state index is 0.0301. The lowest BCUT2D eigenvalue weighted by molar-refractivity contribution is 0.0994. The number of rotatable bonds is 8. The number of hydrogen-bond donors (Lipinski definition) is 2. The molecule has 0 bridgehead atoms. The van der Waals surface area contributed by atoms with Crippen molar-refractivity contribution >= 4 is 27.4 Å². The van der Waals surface area contributed by atoms with Crippen molar-refractivity contribution in [3.8, 4) is 11.3 Å². The van der Waals surface area contributed by atoms with E-state index in [0.717, 1.165) is 5.56 Å². The number of Topliss-reactive ketones (excluding diaryl/α,β-unsaturated/α-hetero) is 1. The van der Waals surface area contributed by atoms with Crippen LogP contribution in [0.1, 0.15) is 26.5 Å². The summed E-state index contributed by atoms with van der Waals surface area (Å²) < 4.78 is 32.7. The fraction of sp³-hybridized carbons (Fsp3) is 0.0800. The molecule has 0 fully saturated rings. The van der Waals surface area contributed by atoms with Gasteiger partial charge in [0.05, 0.1) is 11.4 Å². The Morgan fingerprint density at radius 1 is 0.882 bits per heavy atom. The molecule has 0 unspecified atom stereocenters. The molecule has 0 spiro atoms. The van der Waals surface area contributed by atoms with Crippen LogP contribution in [0.25, 0.3) is 11.3 Å². The van der Waals surface area contributed by atoms with E-state index in [1.165, 1.54) is 24.3 Å². The van der Waals surface area contributed by atoms with Crippen LogP contribution < -0.4 is 10.0 Å². The number of carbonyl (C=O) groups is 2. The maximum absolute atomic E-state index is 12.9. The van der Waals surface area contributed by atoms with Gasteiger partial charge in [0, 0.05) is 16.8 Å². The third kappa shape index (κ3) is 5.11. The molecule has 1 aromatic heterocycles. The van der Waals surface area contributed by atoms with Gasteiger partial charge in [-0.2, -0.15) is 0 Å². The number of sulfonamides is 1. The van der Waals surface area contributed by atoms with Crippen molar-refractivity contribution in [2.75, 3.05) is 11.9 Å². The molecule has 1 heterocycles. The van der Waals surface area contributed by atoms with Crippen molar-refractivity contribution in [1.82, 2.24) is 9.88 Å². The summed E-state index contributed by atoms with van der Waals surface area (Å²) in [4.78, 5) is 25.1. The molecule has 2 N–H and O–H groups in total. The number of aryl methyl sites for hydroxylation is 1. The molecule has 9 heteroatoms. The molecule has 1 amide bonds. The first kappa shape index (κ1) is 23.1. The van der Waals surface area contributed by atoms with E-state index in [1.54, 1.807) is 37.3 Å². The largest absolute Gasteiger partial charge is 0.360 e. The lowest BCUT2D eigenvalue weighted by Gasteiger charge is -2.09. The molecule has 0 saturated heterocycles. The summed E-state index contributed by atoms with van der Waals surface area (Å²) >= 11 is 0. The summed E-state index contributed by atoms with van der Waals surface area (Å²) in [5.41, 5.74) is 2.26. The normalized spacial score (nSPS) is 11.2. The maximum atomic E-state index is 12.9. The fourth-order valence-corrected chi connectivity index (χ4v) is 4.30. The maximum Gasteiger partial charge on any atom is 0.261 e. The van der Waals surface area contributed by atoms with Crippen LogP contribution in [0.15, 0.2) is 94.3 Å². The standard InChI is InChI=1S/C25H21N3O5S/c1-17-23(24(28-33-17)19-10-6-3-7-11-19)25(30)27-20-12-14-21(15-13-20)34(31,32)26-16-22(29)18-8-4-2-5-9-18/h2-15,26H,16H2,1H3,(H,27,30). The van der Waals surface area contributed by atoms with E-state index in [2.05, 4.69) is 15.2 Å². The molecule has 172 valence electrons. The van der Waals surface area contributed by atoms with Crippen LogP contribution in [0.2, 0.25) is 0 Å². The van der Waals surface area contributed by atoms with Crippen LogP contribution in [0, 0.1) is 6.92 Å². The third-order valence-electron chi connectivity index (χ3n) is 5.08. The van der Waals surface area contributed by atoms with Crippen LogP contribution in [-0.4, -0.2) is 31.8 Å². The topological polar surface area (TPSA) is 118 Å². The van der Waals surface area contributed by atoms with Gasteiger partial charge in [0.1, 0.15) is 17.0 Å². The number of nitrogens with one attached hydrogen (secondary N) is 2. The Kier molecular flexibility index (Phi) is 6.67. The van der Waals surface area contributed by atoms with Gasteiger partial charge in [0.25, 0.3) is 5.91 Å². The minimum Gasteiger partial charge on any atom is -0.360 e. The average molecular weight is 476 g/mol. The second-order valence-electron chi connectivity index (χ2n) is 7.42. The number of ketones is 1. The van der Waals surface area contributed by atoms with Crippen LogP contribution >= 0.6 is 0 Å². The predicted molar refractivity (Wildman–Crippen MR) is 127 cm³/mol. The highest BCUT2D eigenvalue weighted by Crippen LogP contribution is 2.26. The molecular weight excluding hydrogens is 454 g/mol. The molecular formula is C25H21N3O5S. The van der Waals surface area contributed by atoms with E-state index in [1.807, 2.05) is 30.3 Å². The SMILES string of the molecule is Cc1onc(-c2ccccc2)c1C(=O)Nc1ccc(S(=O)(=O)NCC(=O)c2ccccc2)cc1. The van der Waals surface area contributed by atoms with Crippen molar-refractivity contribution in [2.24, 2.45) is 0 Å². The lowest BCUT2D eigenvalue weighted by Crippen LogP contribution is -2.29. The number of aromatic nitrogens is 1. The highest BCUT2D eigenvalue weighted by Gasteiger charge is 2.22. The van der Waals surface area contributed by atoms with Crippen LogP contribution in [-0.2, 0) is 10.0 Å². The van der Waals surface area contributed by atoms with Gasteiger partial charge in [-0.3, -0.25) is 9.59 Å². The Balaban J connectivity index is 1.45. The van der Waals surface area contributed by atoms with Crippen molar-refractivity contribution in [2.45, 2.75) is 11.8 Å². The number of anilines is 1. The van der Waals surface area contributed by atoms with Crippen LogP contribution in [0.3, 0.4) is 0 Å². The summed E-state index contributed by atoms with van der Waals surface area (Å²) in [5, 5.41) is 6.74. The lowest BCUT2D eigenvalue weighted by atomic mass is 10.1. The molecule has 4 aromatic rings. The summed E-state index contributed by atoms with van der Waals surface area (Å²) in [6.45, 7) is 1.28. The van der Waals surface area contributed by atoms with E-state index in [4.69, 9.17) is 4.52 Å². The van der Waals surface area contributed by atoms with E-state index in [9.17, 15) is 18.0 Å². The predicted octanol–water partition coefficient (Wildman–Crippen LogP) is 4.06. The number of benzene rings is 3. The molecule has 0 aliphatic carbocycles. The first-order valence-electron chi connectivity index (χ1n) is 10.4. The van der Waals surface area contributed by atoms with E-state index < -0.39 is 15.9 Å². The second-order valence-corrected chi connectivity index (χ2v) is 9.19. The van der Waals surface area contributed by atoms with Crippen molar-refractivity contribution in [1.29, 1.82) is 0 Å². The van der Waals surface area contributed by atoms with Crippen LogP contribution in [0.4, 0.5) is 5.69 Å². The molecule has 0 saturated carbocycles. The molecule has 3 aromatic carbocycles. The van der Waals surface area contributed by atoms with Gasteiger partial charge in [-0.1, -0.05) is 65.8 Å².